The van der Waals surface area contributed by atoms with Gasteiger partial charge in [0.15, 0.2) is 0 Å². The number of hydrogen-bond donors (Lipinski definition) is 2. The Kier molecular flexibility index (Phi) is 3.85. The topological polar surface area (TPSA) is 41.1 Å². The molecule has 1 aliphatic heterocycles. The molecule has 0 aromatic heterocycles. The van der Waals surface area contributed by atoms with Gasteiger partial charge < -0.3 is 5.32 Å². The molecule has 0 spiro atoms. The summed E-state index contributed by atoms with van der Waals surface area (Å²) in [4.78, 5) is 12.8. The number of aryl methyl sites for hydroxylation is 1. The molecule has 2 N–H and O–H groups in total. The van der Waals surface area contributed by atoms with Crippen molar-refractivity contribution in [1.82, 2.24) is 10.0 Å². The Hall–Kier alpha value is -1.00. The molecule has 0 aliphatic carbocycles. The van der Waals surface area contributed by atoms with E-state index in [-0.39, 0.29) is 11.9 Å². The van der Waals surface area contributed by atoms with E-state index in [1.165, 1.54) is 17.5 Å². The molecule has 1 heterocycles. The van der Waals surface area contributed by atoms with Crippen LogP contribution in [0.5, 0.6) is 0 Å². The summed E-state index contributed by atoms with van der Waals surface area (Å²) in [5.41, 5.74) is 1.21. The normalized spacial score (nSPS) is 19.7. The molecular formula is C12H16N2OS. The first-order chi connectivity index (χ1) is 7.75. The molecule has 1 aromatic rings. The molecule has 0 radical (unpaired) electrons. The van der Waals surface area contributed by atoms with E-state index in [0.29, 0.717) is 0 Å². The number of carbonyl (C=O) groups is 1. The van der Waals surface area contributed by atoms with E-state index in [0.717, 1.165) is 24.3 Å². The summed E-state index contributed by atoms with van der Waals surface area (Å²) >= 11 is 1.39. The standard InChI is InChI=1S/C12H16N2OS/c1-9-4-2-5-10(8-9)16-14-12(15)11-6-3-7-13-11/h2,4-5,8,11,13H,3,6-7H2,1H3,(H,14,15)/t11-/m0/s1. The maximum absolute atomic E-state index is 11.7. The van der Waals surface area contributed by atoms with Crippen LogP contribution in [0.25, 0.3) is 0 Å². The Morgan fingerprint density at radius 3 is 3.12 bits per heavy atom. The predicted molar refractivity (Wildman–Crippen MR) is 66.2 cm³/mol. The first kappa shape index (κ1) is 11.5. The van der Waals surface area contributed by atoms with E-state index < -0.39 is 0 Å². The lowest BCUT2D eigenvalue weighted by Gasteiger charge is -2.10. The van der Waals surface area contributed by atoms with Gasteiger partial charge in [-0.05, 0) is 56.0 Å². The van der Waals surface area contributed by atoms with Crippen LogP contribution in [-0.2, 0) is 4.79 Å². The largest absolute Gasteiger partial charge is 0.306 e. The van der Waals surface area contributed by atoms with Crippen LogP contribution in [0, 0.1) is 6.92 Å². The fraction of sp³-hybridized carbons (Fsp3) is 0.417. The lowest BCUT2D eigenvalue weighted by molar-refractivity contribution is -0.120. The lowest BCUT2D eigenvalue weighted by Crippen LogP contribution is -2.37. The SMILES string of the molecule is Cc1cccc(SNC(=O)[C@@H]2CCCN2)c1. The third kappa shape index (κ3) is 3.00. The second-order valence-electron chi connectivity index (χ2n) is 4.03. The maximum atomic E-state index is 11.7. The molecule has 16 heavy (non-hydrogen) atoms. The minimum Gasteiger partial charge on any atom is -0.306 e. The Balaban J connectivity index is 1.84. The fourth-order valence-corrected chi connectivity index (χ4v) is 2.52. The summed E-state index contributed by atoms with van der Waals surface area (Å²) in [7, 11) is 0. The highest BCUT2D eigenvalue weighted by Crippen LogP contribution is 2.16. The number of nitrogens with one attached hydrogen (secondary N) is 2. The molecular weight excluding hydrogens is 220 g/mol. The van der Waals surface area contributed by atoms with Crippen LogP contribution in [0.1, 0.15) is 18.4 Å². The van der Waals surface area contributed by atoms with Crippen LogP contribution in [0.15, 0.2) is 29.2 Å². The van der Waals surface area contributed by atoms with Crippen molar-refractivity contribution in [3.8, 4) is 0 Å². The van der Waals surface area contributed by atoms with Crippen molar-refractivity contribution in [2.45, 2.75) is 30.7 Å². The molecule has 4 heteroatoms. The van der Waals surface area contributed by atoms with Crippen LogP contribution >= 0.6 is 11.9 Å². The predicted octanol–water partition coefficient (Wildman–Crippen LogP) is 1.87. The summed E-state index contributed by atoms with van der Waals surface area (Å²) < 4.78 is 2.88. The Morgan fingerprint density at radius 2 is 2.44 bits per heavy atom. The third-order valence-corrected chi connectivity index (χ3v) is 3.43. The zero-order valence-electron chi connectivity index (χ0n) is 9.32. The zero-order valence-corrected chi connectivity index (χ0v) is 10.1. The quantitative estimate of drug-likeness (QED) is 0.787. The van der Waals surface area contributed by atoms with Crippen molar-refractivity contribution < 1.29 is 4.79 Å². The first-order valence-electron chi connectivity index (χ1n) is 5.52. The van der Waals surface area contributed by atoms with E-state index in [2.05, 4.69) is 16.1 Å². The Bertz CT molecular complexity index is 375. The number of rotatable bonds is 3. The lowest BCUT2D eigenvalue weighted by atomic mass is 10.2. The maximum Gasteiger partial charge on any atom is 0.247 e. The number of benzene rings is 1. The molecule has 1 aromatic carbocycles. The average Bonchev–Trinajstić information content (AvgIpc) is 2.79. The molecule has 0 saturated carbocycles. The van der Waals surface area contributed by atoms with Crippen LogP contribution in [0.3, 0.4) is 0 Å². The van der Waals surface area contributed by atoms with Crippen molar-refractivity contribution in [2.24, 2.45) is 0 Å². The zero-order chi connectivity index (χ0) is 11.4. The van der Waals surface area contributed by atoms with E-state index in [4.69, 9.17) is 0 Å². The molecule has 1 atom stereocenters. The van der Waals surface area contributed by atoms with E-state index in [9.17, 15) is 4.79 Å². The second kappa shape index (κ2) is 5.37. The van der Waals surface area contributed by atoms with Crippen molar-refractivity contribution in [3.05, 3.63) is 29.8 Å². The highest BCUT2D eigenvalue weighted by molar-refractivity contribution is 7.98. The molecule has 1 saturated heterocycles. The number of amides is 1. The van der Waals surface area contributed by atoms with Crippen LogP contribution in [0.4, 0.5) is 0 Å². The van der Waals surface area contributed by atoms with Crippen LogP contribution in [0.2, 0.25) is 0 Å². The van der Waals surface area contributed by atoms with Gasteiger partial charge in [-0.2, -0.15) is 0 Å². The monoisotopic (exact) mass is 236 g/mol. The number of hydrogen-bond acceptors (Lipinski definition) is 3. The summed E-state index contributed by atoms with van der Waals surface area (Å²) in [6.07, 6.45) is 2.04. The molecule has 0 bridgehead atoms. The number of carbonyl (C=O) groups excluding carboxylic acids is 1. The van der Waals surface area contributed by atoms with Gasteiger partial charge in [0.25, 0.3) is 0 Å². The minimum atomic E-state index is -0.00249. The molecule has 1 amide bonds. The Labute approximate surface area is 100 Å². The van der Waals surface area contributed by atoms with Gasteiger partial charge in [-0.15, -0.1) is 0 Å². The first-order valence-corrected chi connectivity index (χ1v) is 6.34. The molecule has 0 unspecified atom stereocenters. The van der Waals surface area contributed by atoms with E-state index >= 15 is 0 Å². The summed E-state index contributed by atoms with van der Waals surface area (Å²) in [5.74, 6) is 0.0870. The Morgan fingerprint density at radius 1 is 1.56 bits per heavy atom. The molecule has 2 rings (SSSR count). The van der Waals surface area contributed by atoms with Gasteiger partial charge in [0.2, 0.25) is 5.91 Å². The van der Waals surface area contributed by atoms with E-state index in [1.54, 1.807) is 0 Å². The van der Waals surface area contributed by atoms with Crippen molar-refractivity contribution in [3.63, 3.8) is 0 Å². The van der Waals surface area contributed by atoms with Gasteiger partial charge in [0.05, 0.1) is 6.04 Å². The molecule has 3 nitrogen and oxygen atoms in total. The van der Waals surface area contributed by atoms with Crippen LogP contribution in [-0.4, -0.2) is 18.5 Å². The highest BCUT2D eigenvalue weighted by Gasteiger charge is 2.21. The second-order valence-corrected chi connectivity index (χ2v) is 4.91. The smallest absolute Gasteiger partial charge is 0.247 e. The van der Waals surface area contributed by atoms with Crippen molar-refractivity contribution in [1.29, 1.82) is 0 Å². The van der Waals surface area contributed by atoms with Gasteiger partial charge in [0.1, 0.15) is 0 Å². The van der Waals surface area contributed by atoms with Gasteiger partial charge >= 0.3 is 0 Å². The fourth-order valence-electron chi connectivity index (χ4n) is 1.77. The van der Waals surface area contributed by atoms with Gasteiger partial charge in [-0.25, -0.2) is 0 Å². The van der Waals surface area contributed by atoms with Gasteiger partial charge in [-0.3, -0.25) is 9.52 Å². The summed E-state index contributed by atoms with van der Waals surface area (Å²) in [6.45, 7) is 3.00. The third-order valence-electron chi connectivity index (χ3n) is 2.64. The average molecular weight is 236 g/mol. The van der Waals surface area contributed by atoms with Gasteiger partial charge in [-0.1, -0.05) is 12.1 Å². The molecule has 1 fully saturated rings. The minimum absolute atomic E-state index is 0.00249. The van der Waals surface area contributed by atoms with E-state index in [1.807, 2.05) is 25.1 Å². The summed E-state index contributed by atoms with van der Waals surface area (Å²) in [6, 6.07) is 8.10. The highest BCUT2D eigenvalue weighted by atomic mass is 32.2. The van der Waals surface area contributed by atoms with Crippen LogP contribution < -0.4 is 10.0 Å². The molecule has 86 valence electrons. The summed E-state index contributed by atoms with van der Waals surface area (Å²) in [5, 5.41) is 3.18. The van der Waals surface area contributed by atoms with Gasteiger partial charge in [0, 0.05) is 4.90 Å². The van der Waals surface area contributed by atoms with Crippen molar-refractivity contribution in [2.75, 3.05) is 6.54 Å². The molecule has 1 aliphatic rings. The van der Waals surface area contributed by atoms with Crippen molar-refractivity contribution >= 4 is 17.9 Å².